The molecule has 1 atom stereocenters. The highest BCUT2D eigenvalue weighted by Crippen LogP contribution is 2.25. The highest BCUT2D eigenvalue weighted by molar-refractivity contribution is 5.34. The first-order chi connectivity index (χ1) is 11.2. The molecule has 0 aliphatic heterocycles. The minimum Gasteiger partial charge on any atom is -0.457 e. The molecule has 1 heterocycles. The van der Waals surface area contributed by atoms with E-state index < -0.39 is 0 Å². The molecule has 0 bridgehead atoms. The van der Waals surface area contributed by atoms with Crippen molar-refractivity contribution < 1.29 is 4.74 Å². The summed E-state index contributed by atoms with van der Waals surface area (Å²) in [5, 5.41) is 8.30. The molecule has 0 radical (unpaired) electrons. The van der Waals surface area contributed by atoms with Gasteiger partial charge in [0.2, 0.25) is 0 Å². The Morgan fingerprint density at radius 1 is 1.00 bits per heavy atom. The molecule has 4 nitrogen and oxygen atoms in total. The first-order valence-corrected chi connectivity index (χ1v) is 7.96. The van der Waals surface area contributed by atoms with Crippen molar-refractivity contribution in [1.29, 1.82) is 0 Å². The molecular formula is C19H21N3O. The van der Waals surface area contributed by atoms with Gasteiger partial charge in [-0.15, -0.1) is 5.10 Å². The SMILES string of the molecule is CCn1cc(CC(C)c2ccc(Oc3ccccc3)cc2)nn1. The Balaban J connectivity index is 1.64. The zero-order chi connectivity index (χ0) is 16.1. The van der Waals surface area contributed by atoms with E-state index >= 15 is 0 Å². The molecule has 3 aromatic rings. The van der Waals surface area contributed by atoms with Gasteiger partial charge in [0.25, 0.3) is 0 Å². The van der Waals surface area contributed by atoms with Gasteiger partial charge in [-0.1, -0.05) is 42.5 Å². The van der Waals surface area contributed by atoms with Crippen LogP contribution < -0.4 is 4.74 Å². The van der Waals surface area contributed by atoms with Crippen molar-refractivity contribution in [3.8, 4) is 11.5 Å². The average Bonchev–Trinajstić information content (AvgIpc) is 3.04. The zero-order valence-corrected chi connectivity index (χ0v) is 13.5. The molecule has 0 N–H and O–H groups in total. The van der Waals surface area contributed by atoms with Crippen molar-refractivity contribution in [3.63, 3.8) is 0 Å². The van der Waals surface area contributed by atoms with Gasteiger partial charge in [0.05, 0.1) is 5.69 Å². The van der Waals surface area contributed by atoms with Crippen molar-refractivity contribution in [3.05, 3.63) is 72.1 Å². The van der Waals surface area contributed by atoms with Crippen LogP contribution in [0.1, 0.15) is 31.0 Å². The van der Waals surface area contributed by atoms with Gasteiger partial charge in [-0.05, 0) is 49.1 Å². The van der Waals surface area contributed by atoms with E-state index in [1.54, 1.807) is 0 Å². The molecule has 0 spiro atoms. The Morgan fingerprint density at radius 3 is 2.35 bits per heavy atom. The molecular weight excluding hydrogens is 286 g/mol. The first kappa shape index (κ1) is 15.3. The summed E-state index contributed by atoms with van der Waals surface area (Å²) < 4.78 is 7.68. The summed E-state index contributed by atoms with van der Waals surface area (Å²) >= 11 is 0. The van der Waals surface area contributed by atoms with Crippen molar-refractivity contribution >= 4 is 0 Å². The fourth-order valence-corrected chi connectivity index (χ4v) is 2.51. The number of nitrogens with zero attached hydrogens (tertiary/aromatic N) is 3. The first-order valence-electron chi connectivity index (χ1n) is 7.96. The Kier molecular flexibility index (Phi) is 4.71. The lowest BCUT2D eigenvalue weighted by atomic mass is 9.96. The van der Waals surface area contributed by atoms with Crippen LogP contribution in [0.15, 0.2) is 60.8 Å². The Bertz CT molecular complexity index is 735. The number of aromatic nitrogens is 3. The minimum atomic E-state index is 0.391. The summed E-state index contributed by atoms with van der Waals surface area (Å²) in [4.78, 5) is 0. The van der Waals surface area contributed by atoms with Crippen LogP contribution in [0.4, 0.5) is 0 Å². The highest BCUT2D eigenvalue weighted by Gasteiger charge is 2.10. The van der Waals surface area contributed by atoms with Crippen molar-refractivity contribution in [2.45, 2.75) is 32.7 Å². The van der Waals surface area contributed by atoms with Gasteiger partial charge in [-0.25, -0.2) is 0 Å². The Morgan fingerprint density at radius 2 is 1.70 bits per heavy atom. The molecule has 1 aromatic heterocycles. The number of rotatable bonds is 6. The van der Waals surface area contributed by atoms with Crippen LogP contribution in [0.3, 0.4) is 0 Å². The lowest BCUT2D eigenvalue weighted by molar-refractivity contribution is 0.482. The predicted octanol–water partition coefficient (Wildman–Crippen LogP) is 4.44. The summed E-state index contributed by atoms with van der Waals surface area (Å²) in [5.74, 6) is 2.09. The standard InChI is InChI=1S/C19H21N3O/c1-3-22-14-17(20-21-22)13-15(2)16-9-11-19(12-10-16)23-18-7-5-4-6-8-18/h4-12,14-15H,3,13H2,1-2H3. The lowest BCUT2D eigenvalue weighted by Crippen LogP contribution is -1.99. The smallest absolute Gasteiger partial charge is 0.127 e. The highest BCUT2D eigenvalue weighted by atomic mass is 16.5. The van der Waals surface area contributed by atoms with E-state index in [-0.39, 0.29) is 0 Å². The van der Waals surface area contributed by atoms with E-state index in [2.05, 4.69) is 36.3 Å². The van der Waals surface area contributed by atoms with E-state index in [9.17, 15) is 0 Å². The normalized spacial score (nSPS) is 12.1. The quantitative estimate of drug-likeness (QED) is 0.676. The topological polar surface area (TPSA) is 39.9 Å². The van der Waals surface area contributed by atoms with Gasteiger partial charge in [0.15, 0.2) is 0 Å². The van der Waals surface area contributed by atoms with Gasteiger partial charge >= 0.3 is 0 Å². The molecule has 23 heavy (non-hydrogen) atoms. The van der Waals surface area contributed by atoms with Gasteiger partial charge < -0.3 is 4.74 Å². The van der Waals surface area contributed by atoms with Gasteiger partial charge in [0.1, 0.15) is 11.5 Å². The number of aryl methyl sites for hydroxylation is 1. The Hall–Kier alpha value is -2.62. The monoisotopic (exact) mass is 307 g/mol. The summed E-state index contributed by atoms with van der Waals surface area (Å²) in [7, 11) is 0. The van der Waals surface area contributed by atoms with E-state index in [4.69, 9.17) is 4.74 Å². The van der Waals surface area contributed by atoms with Gasteiger partial charge in [0, 0.05) is 12.7 Å². The van der Waals surface area contributed by atoms with Crippen LogP contribution >= 0.6 is 0 Å². The molecule has 2 aromatic carbocycles. The van der Waals surface area contributed by atoms with Crippen LogP contribution in [-0.4, -0.2) is 15.0 Å². The number of hydrogen-bond donors (Lipinski definition) is 0. The van der Waals surface area contributed by atoms with Crippen LogP contribution in [0.2, 0.25) is 0 Å². The van der Waals surface area contributed by atoms with Crippen LogP contribution in [0.25, 0.3) is 0 Å². The molecule has 4 heteroatoms. The molecule has 0 aliphatic rings. The second kappa shape index (κ2) is 7.09. The maximum absolute atomic E-state index is 5.82. The van der Waals surface area contributed by atoms with Crippen LogP contribution in [0.5, 0.6) is 11.5 Å². The molecule has 1 unspecified atom stereocenters. The summed E-state index contributed by atoms with van der Waals surface area (Å²) in [6.45, 7) is 5.12. The van der Waals surface area contributed by atoms with Crippen molar-refractivity contribution in [1.82, 2.24) is 15.0 Å². The van der Waals surface area contributed by atoms with E-state index in [1.165, 1.54) is 5.56 Å². The fraction of sp³-hybridized carbons (Fsp3) is 0.263. The summed E-state index contributed by atoms with van der Waals surface area (Å²) in [6, 6.07) is 18.1. The lowest BCUT2D eigenvalue weighted by Gasteiger charge is -2.11. The number of hydrogen-bond acceptors (Lipinski definition) is 3. The minimum absolute atomic E-state index is 0.391. The molecule has 0 saturated carbocycles. The molecule has 0 amide bonds. The van der Waals surface area contributed by atoms with Crippen molar-refractivity contribution in [2.75, 3.05) is 0 Å². The summed E-state index contributed by atoms with van der Waals surface area (Å²) in [5.41, 5.74) is 2.31. The average molecular weight is 307 g/mol. The molecule has 118 valence electrons. The third kappa shape index (κ3) is 3.97. The second-order valence-electron chi connectivity index (χ2n) is 5.65. The number of para-hydroxylation sites is 1. The number of ether oxygens (including phenoxy) is 1. The third-order valence-corrected chi connectivity index (χ3v) is 3.85. The largest absolute Gasteiger partial charge is 0.457 e. The van der Waals surface area contributed by atoms with Gasteiger partial charge in [-0.3, -0.25) is 4.68 Å². The van der Waals surface area contributed by atoms with Crippen LogP contribution in [0, 0.1) is 0 Å². The van der Waals surface area contributed by atoms with E-state index in [0.29, 0.717) is 5.92 Å². The van der Waals surface area contributed by atoms with E-state index in [1.807, 2.05) is 53.3 Å². The molecule has 0 aliphatic carbocycles. The van der Waals surface area contributed by atoms with Gasteiger partial charge in [-0.2, -0.15) is 0 Å². The fourth-order valence-electron chi connectivity index (χ4n) is 2.51. The maximum atomic E-state index is 5.82. The van der Waals surface area contributed by atoms with Crippen molar-refractivity contribution in [2.24, 2.45) is 0 Å². The third-order valence-electron chi connectivity index (χ3n) is 3.85. The molecule has 0 fully saturated rings. The molecule has 3 rings (SSSR count). The summed E-state index contributed by atoms with van der Waals surface area (Å²) in [6.07, 6.45) is 2.91. The number of benzene rings is 2. The second-order valence-corrected chi connectivity index (χ2v) is 5.65. The van der Waals surface area contributed by atoms with E-state index in [0.717, 1.165) is 30.2 Å². The molecule has 0 saturated heterocycles. The zero-order valence-electron chi connectivity index (χ0n) is 13.5. The Labute approximate surface area is 136 Å². The van der Waals surface area contributed by atoms with Crippen LogP contribution in [-0.2, 0) is 13.0 Å². The maximum Gasteiger partial charge on any atom is 0.127 e. The predicted molar refractivity (Wildman–Crippen MR) is 90.8 cm³/mol.